The van der Waals surface area contributed by atoms with Gasteiger partial charge in [0.15, 0.2) is 0 Å². The molecule has 1 aliphatic carbocycles. The number of carbonyl (C=O) groups excluding carboxylic acids is 1. The number of benzene rings is 2. The summed E-state index contributed by atoms with van der Waals surface area (Å²) in [6.07, 6.45) is 8.58. The number of alkyl halides is 1. The van der Waals surface area contributed by atoms with Crippen LogP contribution in [0, 0.1) is 0 Å². The summed E-state index contributed by atoms with van der Waals surface area (Å²) in [6, 6.07) is 11.9. The van der Waals surface area contributed by atoms with E-state index in [1.807, 2.05) is 51.1 Å². The molecule has 0 radical (unpaired) electrons. The van der Waals surface area contributed by atoms with Crippen LogP contribution in [0.5, 0.6) is 11.5 Å². The lowest BCUT2D eigenvalue weighted by Crippen LogP contribution is -2.35. The van der Waals surface area contributed by atoms with Crippen molar-refractivity contribution in [2.75, 3.05) is 52.5 Å². The third-order valence-electron chi connectivity index (χ3n) is 7.52. The van der Waals surface area contributed by atoms with Crippen LogP contribution in [0.4, 0.5) is 14.9 Å². The number of halogens is 1. The highest BCUT2D eigenvalue weighted by molar-refractivity contribution is 5.92. The lowest BCUT2D eigenvalue weighted by Gasteiger charge is -2.26. The predicted molar refractivity (Wildman–Crippen MR) is 187 cm³/mol. The number of nitrogens with zero attached hydrogens (tertiary/aromatic N) is 2. The van der Waals surface area contributed by atoms with E-state index in [1.165, 1.54) is 6.08 Å². The number of nitrogens with one attached hydrogen (secondary N) is 1. The number of nitrogens with two attached hydrogens (primary N) is 3. The van der Waals surface area contributed by atoms with Crippen LogP contribution >= 0.6 is 0 Å². The Morgan fingerprint density at radius 3 is 2.40 bits per heavy atom. The number of hydrazine groups is 2. The van der Waals surface area contributed by atoms with Crippen LogP contribution < -0.4 is 37.3 Å². The molecule has 0 saturated carbocycles. The summed E-state index contributed by atoms with van der Waals surface area (Å²) in [4.78, 5) is 16.7. The molecule has 0 aromatic heterocycles. The van der Waals surface area contributed by atoms with E-state index in [1.54, 1.807) is 36.8 Å². The molecule has 1 fully saturated rings. The zero-order valence-electron chi connectivity index (χ0n) is 28.6. The zero-order chi connectivity index (χ0) is 34.8. The van der Waals surface area contributed by atoms with E-state index < -0.39 is 11.8 Å². The molecule has 1 heterocycles. The summed E-state index contributed by atoms with van der Waals surface area (Å²) < 4.78 is 35.5. The molecule has 2 aromatic rings. The Balaban J connectivity index is 0.00000100. The predicted octanol–water partition coefficient (Wildman–Crippen LogP) is 5.00. The number of anilines is 1. The number of methoxy groups -OCH3 is 2. The van der Waals surface area contributed by atoms with E-state index in [9.17, 15) is 9.18 Å². The average Bonchev–Trinajstić information content (AvgIpc) is 3.36. The molecule has 12 heteroatoms. The quantitative estimate of drug-likeness (QED) is 0.140. The molecule has 7 N–H and O–H groups in total. The minimum Gasteiger partial charge on any atom is -0.495 e. The third kappa shape index (κ3) is 12.4. The van der Waals surface area contributed by atoms with Crippen LogP contribution in [-0.4, -0.2) is 70.3 Å². The lowest BCUT2D eigenvalue weighted by atomic mass is 9.97. The van der Waals surface area contributed by atoms with Crippen LogP contribution in [0.3, 0.4) is 0 Å². The monoisotopic (exact) mass is 656 g/mol. The van der Waals surface area contributed by atoms with E-state index in [0.717, 1.165) is 41.2 Å². The van der Waals surface area contributed by atoms with Crippen LogP contribution in [0.2, 0.25) is 0 Å². The van der Waals surface area contributed by atoms with Gasteiger partial charge in [0.1, 0.15) is 23.3 Å². The molecule has 2 aromatic carbocycles. The topological polar surface area (TPSA) is 151 Å². The van der Waals surface area contributed by atoms with Gasteiger partial charge in [-0.3, -0.25) is 16.6 Å². The second kappa shape index (κ2) is 20.5. The van der Waals surface area contributed by atoms with E-state index in [0.29, 0.717) is 50.5 Å². The Bertz CT molecular complexity index is 1350. The van der Waals surface area contributed by atoms with E-state index in [2.05, 4.69) is 46.6 Å². The standard InChI is InChI=1S/C32H40FN3O4.C3H8O.H5N3/c1-5-39-29-19-24(12-14-27(29)25-8-6-10-26(33)11-7-9-25)21-35(3)17-16-32(2)22-36(31(37)40-32)28-15-13-23(20-34)18-30(28)38-4;1-3-4-2;1-3-2/h6-8,10-15,18-19,26H,5,9,16-17,20-22,34H2,1-4H3;3H2,1-2H3;3H,1-2H2/b10-6?,11-7-,25-8+;;. The van der Waals surface area contributed by atoms with Crippen molar-refractivity contribution in [3.63, 3.8) is 0 Å². The highest BCUT2D eigenvalue weighted by Crippen LogP contribution is 2.37. The fourth-order valence-electron chi connectivity index (χ4n) is 5.04. The Kier molecular flexibility index (Phi) is 17.1. The van der Waals surface area contributed by atoms with Crippen LogP contribution in [0.15, 0.2) is 66.8 Å². The van der Waals surface area contributed by atoms with Gasteiger partial charge >= 0.3 is 6.09 Å². The summed E-state index contributed by atoms with van der Waals surface area (Å²) >= 11 is 0. The molecule has 2 aliphatic rings. The van der Waals surface area contributed by atoms with Gasteiger partial charge in [-0.05, 0) is 75.2 Å². The van der Waals surface area contributed by atoms with Crippen LogP contribution in [0.25, 0.3) is 5.57 Å². The molecule has 0 spiro atoms. The van der Waals surface area contributed by atoms with Gasteiger partial charge in [-0.2, -0.15) is 5.53 Å². The smallest absolute Gasteiger partial charge is 0.415 e. The number of cyclic esters (lactones) is 1. The van der Waals surface area contributed by atoms with E-state index in [4.69, 9.17) is 19.9 Å². The molecule has 1 aliphatic heterocycles. The number of hydrogen-bond acceptors (Lipinski definition) is 10. The van der Waals surface area contributed by atoms with Crippen molar-refractivity contribution >= 4 is 17.4 Å². The van der Waals surface area contributed by atoms with Gasteiger partial charge in [0, 0.05) is 45.3 Å². The second-order valence-electron chi connectivity index (χ2n) is 11.3. The fourth-order valence-corrected chi connectivity index (χ4v) is 5.04. The van der Waals surface area contributed by atoms with Crippen molar-refractivity contribution in [3.05, 3.63) is 83.5 Å². The second-order valence-corrected chi connectivity index (χ2v) is 11.3. The normalized spacial score (nSPS) is 20.5. The third-order valence-corrected chi connectivity index (χ3v) is 7.52. The minimum absolute atomic E-state index is 0.379. The van der Waals surface area contributed by atoms with Crippen molar-refractivity contribution < 1.29 is 28.1 Å². The Hall–Kier alpha value is -3.78. The molecule has 260 valence electrons. The molecule has 2 unspecified atom stereocenters. The SMILES string of the molecule is CCOC.CCOc1cc(CN(C)CCC2(C)CN(c3ccc(CN)cc3OC)C(=O)O2)ccc1/C1=C/C=CC(F)/C=C\C1.NNN. The molecule has 4 rings (SSSR count). The van der Waals surface area contributed by atoms with Gasteiger partial charge in [-0.25, -0.2) is 9.18 Å². The first kappa shape index (κ1) is 39.4. The summed E-state index contributed by atoms with van der Waals surface area (Å²) in [5.74, 6) is 10.2. The highest BCUT2D eigenvalue weighted by Gasteiger charge is 2.42. The lowest BCUT2D eigenvalue weighted by molar-refractivity contribution is 0.0568. The molecule has 1 saturated heterocycles. The van der Waals surface area contributed by atoms with Gasteiger partial charge in [-0.1, -0.05) is 42.5 Å². The van der Waals surface area contributed by atoms with Gasteiger partial charge in [-0.15, -0.1) is 0 Å². The number of amides is 1. The summed E-state index contributed by atoms with van der Waals surface area (Å²) in [5, 5.41) is 0. The number of carbonyl (C=O) groups is 1. The molecule has 47 heavy (non-hydrogen) atoms. The first-order valence-electron chi connectivity index (χ1n) is 15.7. The maximum absolute atomic E-state index is 13.6. The number of allylic oxidation sites excluding steroid dienone is 6. The first-order valence-corrected chi connectivity index (χ1v) is 15.7. The van der Waals surface area contributed by atoms with Crippen molar-refractivity contribution in [3.8, 4) is 11.5 Å². The van der Waals surface area contributed by atoms with Crippen molar-refractivity contribution in [1.82, 2.24) is 10.4 Å². The molecular weight excluding hydrogens is 603 g/mol. The van der Waals surface area contributed by atoms with Crippen LogP contribution in [0.1, 0.15) is 50.3 Å². The fraction of sp³-hybridized carbons (Fsp3) is 0.457. The van der Waals surface area contributed by atoms with Crippen molar-refractivity contribution in [1.29, 1.82) is 0 Å². The molecule has 0 bridgehead atoms. The molecule has 1 amide bonds. The van der Waals surface area contributed by atoms with Gasteiger partial charge in [0.05, 0.1) is 25.9 Å². The Morgan fingerprint density at radius 1 is 1.09 bits per heavy atom. The van der Waals surface area contributed by atoms with Gasteiger partial charge in [0.2, 0.25) is 0 Å². The maximum atomic E-state index is 13.6. The Morgan fingerprint density at radius 2 is 1.77 bits per heavy atom. The van der Waals surface area contributed by atoms with E-state index >= 15 is 0 Å². The van der Waals surface area contributed by atoms with Crippen LogP contribution in [-0.2, 0) is 22.6 Å². The molecule has 2 atom stereocenters. The number of hydrogen-bond donors (Lipinski definition) is 4. The molecular formula is C35H53FN6O5. The van der Waals surface area contributed by atoms with Gasteiger partial charge in [0.25, 0.3) is 0 Å². The summed E-state index contributed by atoms with van der Waals surface area (Å²) in [7, 11) is 5.32. The average molecular weight is 657 g/mol. The number of ether oxygens (including phenoxy) is 4. The zero-order valence-corrected chi connectivity index (χ0v) is 28.6. The van der Waals surface area contributed by atoms with Gasteiger partial charge < -0.3 is 29.6 Å². The van der Waals surface area contributed by atoms with Crippen molar-refractivity contribution in [2.45, 2.75) is 58.5 Å². The Labute approximate surface area is 279 Å². The molecule has 11 nitrogen and oxygen atoms in total. The summed E-state index contributed by atoms with van der Waals surface area (Å²) in [5.41, 5.74) is 11.7. The minimum atomic E-state index is -1.05. The van der Waals surface area contributed by atoms with E-state index in [-0.39, 0.29) is 6.09 Å². The largest absolute Gasteiger partial charge is 0.495 e. The highest BCUT2D eigenvalue weighted by atomic mass is 19.1. The number of rotatable bonds is 12. The summed E-state index contributed by atoms with van der Waals surface area (Å²) in [6.45, 7) is 9.55. The maximum Gasteiger partial charge on any atom is 0.415 e. The first-order chi connectivity index (χ1) is 22.6. The van der Waals surface area contributed by atoms with Crippen molar-refractivity contribution in [2.24, 2.45) is 17.4 Å².